The fourth-order valence-electron chi connectivity index (χ4n) is 8.53. The van der Waals surface area contributed by atoms with E-state index in [0.717, 1.165) is 66.0 Å². The minimum absolute atomic E-state index is 0.106. The molecule has 0 saturated carbocycles. The van der Waals surface area contributed by atoms with Crippen molar-refractivity contribution in [3.8, 4) is 0 Å². The van der Waals surface area contributed by atoms with Gasteiger partial charge < -0.3 is 13.7 Å². The van der Waals surface area contributed by atoms with E-state index in [2.05, 4.69) is 201 Å². The molecule has 0 aliphatic carbocycles. The van der Waals surface area contributed by atoms with Crippen LogP contribution in [0.5, 0.6) is 0 Å². The molecule has 10 rings (SSSR count). The summed E-state index contributed by atoms with van der Waals surface area (Å²) in [6, 6.07) is 61.3. The zero-order chi connectivity index (χ0) is 37.3. The van der Waals surface area contributed by atoms with E-state index in [-0.39, 0.29) is 5.92 Å². The molecule has 0 saturated heterocycles. The van der Waals surface area contributed by atoms with E-state index in [0.29, 0.717) is 0 Å². The standard InChI is InChI=1S/C51H41NO2Si/c1-33-15-11-12-20-40(33)51(34-16-7-5-8-17-34)35-23-25-41-43-27-36-28-44-42-26-24-39(32-49(42)54-48(44)31-37(36)30-47(43)53-46(41)29-35)52(38-18-9-6-10-19-38)45-21-13-14-22-50(45)55(2,3)4/h5-32,51H,1-4H3. The van der Waals surface area contributed by atoms with E-state index in [1.807, 2.05) is 0 Å². The van der Waals surface area contributed by atoms with Gasteiger partial charge in [-0.2, -0.15) is 0 Å². The zero-order valence-electron chi connectivity index (χ0n) is 31.5. The molecule has 0 spiro atoms. The van der Waals surface area contributed by atoms with Crippen molar-refractivity contribution in [3.05, 3.63) is 192 Å². The summed E-state index contributed by atoms with van der Waals surface area (Å²) in [6.45, 7) is 9.43. The lowest BCUT2D eigenvalue weighted by Gasteiger charge is -2.31. The number of hydrogen-bond donors (Lipinski definition) is 0. The average molecular weight is 728 g/mol. The van der Waals surface area contributed by atoms with Crippen LogP contribution in [-0.2, 0) is 0 Å². The number of anilines is 3. The van der Waals surface area contributed by atoms with Crippen LogP contribution in [0.4, 0.5) is 17.1 Å². The van der Waals surface area contributed by atoms with Crippen molar-refractivity contribution in [2.75, 3.05) is 4.90 Å². The Hall–Kier alpha value is -6.36. The first-order valence-electron chi connectivity index (χ1n) is 19.1. The maximum absolute atomic E-state index is 6.68. The highest BCUT2D eigenvalue weighted by atomic mass is 28.3. The number of nitrogens with zero attached hydrogens (tertiary/aromatic N) is 1. The molecule has 55 heavy (non-hydrogen) atoms. The highest BCUT2D eigenvalue weighted by molar-refractivity contribution is 6.89. The molecule has 1 atom stereocenters. The molecular formula is C51H41NO2Si. The largest absolute Gasteiger partial charge is 0.456 e. The number of fused-ring (bicyclic) bond motifs is 7. The van der Waals surface area contributed by atoms with Crippen LogP contribution in [0.1, 0.15) is 28.2 Å². The van der Waals surface area contributed by atoms with Crippen molar-refractivity contribution in [2.45, 2.75) is 32.5 Å². The minimum atomic E-state index is -1.66. The van der Waals surface area contributed by atoms with Gasteiger partial charge in [0.15, 0.2) is 0 Å². The van der Waals surface area contributed by atoms with Gasteiger partial charge in [-0.15, -0.1) is 0 Å². The quantitative estimate of drug-likeness (QED) is 0.121. The molecule has 2 aromatic heterocycles. The topological polar surface area (TPSA) is 29.5 Å². The Kier molecular flexibility index (Phi) is 7.79. The van der Waals surface area contributed by atoms with E-state index in [1.165, 1.54) is 33.1 Å². The Morgan fingerprint density at radius 3 is 1.71 bits per heavy atom. The van der Waals surface area contributed by atoms with Gasteiger partial charge in [0.2, 0.25) is 0 Å². The second-order valence-corrected chi connectivity index (χ2v) is 20.9. The zero-order valence-corrected chi connectivity index (χ0v) is 32.5. The summed E-state index contributed by atoms with van der Waals surface area (Å²) >= 11 is 0. The van der Waals surface area contributed by atoms with E-state index in [1.54, 1.807) is 0 Å². The van der Waals surface area contributed by atoms with Crippen molar-refractivity contribution in [2.24, 2.45) is 0 Å². The molecule has 4 heteroatoms. The van der Waals surface area contributed by atoms with Crippen molar-refractivity contribution in [1.29, 1.82) is 0 Å². The first-order chi connectivity index (χ1) is 26.8. The van der Waals surface area contributed by atoms with Crippen LogP contribution >= 0.6 is 0 Å². The Morgan fingerprint density at radius 1 is 0.455 bits per heavy atom. The first-order valence-corrected chi connectivity index (χ1v) is 22.6. The lowest BCUT2D eigenvalue weighted by Crippen LogP contribution is -2.40. The smallest absolute Gasteiger partial charge is 0.137 e. The maximum atomic E-state index is 6.68. The third-order valence-corrected chi connectivity index (χ3v) is 13.3. The van der Waals surface area contributed by atoms with Crippen LogP contribution < -0.4 is 10.1 Å². The molecule has 3 nitrogen and oxygen atoms in total. The van der Waals surface area contributed by atoms with Gasteiger partial charge >= 0.3 is 0 Å². The number of furan rings is 2. The molecule has 0 aliphatic rings. The van der Waals surface area contributed by atoms with Crippen LogP contribution in [-0.4, -0.2) is 8.07 Å². The van der Waals surface area contributed by atoms with Crippen LogP contribution in [0.15, 0.2) is 179 Å². The molecule has 0 amide bonds. The van der Waals surface area contributed by atoms with Gasteiger partial charge in [0.05, 0.1) is 8.07 Å². The van der Waals surface area contributed by atoms with Crippen LogP contribution in [0.25, 0.3) is 54.6 Å². The van der Waals surface area contributed by atoms with Gasteiger partial charge in [-0.3, -0.25) is 0 Å². The van der Waals surface area contributed by atoms with Crippen molar-refractivity contribution in [3.63, 3.8) is 0 Å². The number of hydrogen-bond acceptors (Lipinski definition) is 3. The van der Waals surface area contributed by atoms with Crippen molar-refractivity contribution < 1.29 is 8.83 Å². The second kappa shape index (κ2) is 12.9. The van der Waals surface area contributed by atoms with Gasteiger partial charge in [-0.25, -0.2) is 0 Å². The highest BCUT2D eigenvalue weighted by Crippen LogP contribution is 2.42. The number of benzene rings is 8. The Balaban J connectivity index is 1.08. The molecule has 266 valence electrons. The van der Waals surface area contributed by atoms with E-state index in [9.17, 15) is 0 Å². The molecule has 0 bridgehead atoms. The van der Waals surface area contributed by atoms with Gasteiger partial charge in [0, 0.05) is 50.6 Å². The van der Waals surface area contributed by atoms with Crippen molar-refractivity contribution in [1.82, 2.24) is 0 Å². The summed E-state index contributed by atoms with van der Waals surface area (Å²) in [7, 11) is -1.66. The van der Waals surface area contributed by atoms with Gasteiger partial charge in [-0.1, -0.05) is 123 Å². The van der Waals surface area contributed by atoms with Crippen LogP contribution in [0.3, 0.4) is 0 Å². The Morgan fingerprint density at radius 2 is 1.02 bits per heavy atom. The van der Waals surface area contributed by atoms with Gasteiger partial charge in [-0.05, 0) is 106 Å². The van der Waals surface area contributed by atoms with E-state index in [4.69, 9.17) is 8.83 Å². The summed E-state index contributed by atoms with van der Waals surface area (Å²) < 4.78 is 13.3. The second-order valence-electron chi connectivity index (χ2n) is 15.8. The highest BCUT2D eigenvalue weighted by Gasteiger charge is 2.25. The molecule has 0 radical (unpaired) electrons. The number of aryl methyl sites for hydroxylation is 1. The molecule has 0 fully saturated rings. The SMILES string of the molecule is Cc1ccccc1C(c1ccccc1)c1ccc2c(c1)oc1cc3cc4oc5cc(N(c6ccccc6)c6ccccc6[Si](C)(C)C)ccc5c4cc3cc12. The molecular weight excluding hydrogens is 687 g/mol. The van der Waals surface area contributed by atoms with Crippen LogP contribution in [0, 0.1) is 6.92 Å². The molecule has 0 N–H and O–H groups in total. The van der Waals surface area contributed by atoms with Crippen LogP contribution in [0.2, 0.25) is 19.6 Å². The van der Waals surface area contributed by atoms with Crippen molar-refractivity contribution >= 4 is 85.0 Å². The Bertz CT molecular complexity index is 3040. The number of rotatable bonds is 7. The normalized spacial score (nSPS) is 12.7. The summed E-state index contributed by atoms with van der Waals surface area (Å²) in [5, 5.41) is 8.14. The molecule has 8 aromatic carbocycles. The van der Waals surface area contributed by atoms with E-state index >= 15 is 0 Å². The lowest BCUT2D eigenvalue weighted by molar-refractivity contribution is 0.668. The summed E-state index contributed by atoms with van der Waals surface area (Å²) in [4.78, 5) is 2.38. The predicted molar refractivity (Wildman–Crippen MR) is 235 cm³/mol. The predicted octanol–water partition coefficient (Wildman–Crippen LogP) is 14.1. The summed E-state index contributed by atoms with van der Waals surface area (Å²) in [6.07, 6.45) is 0. The molecule has 2 heterocycles. The maximum Gasteiger partial charge on any atom is 0.137 e. The van der Waals surface area contributed by atoms with Gasteiger partial charge in [0.1, 0.15) is 22.3 Å². The third-order valence-electron chi connectivity index (χ3n) is 11.2. The average Bonchev–Trinajstić information content (AvgIpc) is 3.73. The molecule has 10 aromatic rings. The Labute approximate surface area is 322 Å². The molecule has 0 aliphatic heterocycles. The fraction of sp³-hybridized carbons (Fsp3) is 0.0980. The first kappa shape index (κ1) is 33.2. The minimum Gasteiger partial charge on any atom is -0.456 e. The monoisotopic (exact) mass is 727 g/mol. The lowest BCUT2D eigenvalue weighted by atomic mass is 9.83. The summed E-state index contributed by atoms with van der Waals surface area (Å²) in [5.41, 5.74) is 12.0. The van der Waals surface area contributed by atoms with Gasteiger partial charge in [0.25, 0.3) is 0 Å². The third kappa shape index (κ3) is 5.73. The number of para-hydroxylation sites is 2. The summed E-state index contributed by atoms with van der Waals surface area (Å²) in [5.74, 6) is 0.106. The van der Waals surface area contributed by atoms with E-state index < -0.39 is 8.07 Å². The molecule has 1 unspecified atom stereocenters. The fourth-order valence-corrected chi connectivity index (χ4v) is 10.1.